The molecule has 1 unspecified atom stereocenters. The lowest BCUT2D eigenvalue weighted by Gasteiger charge is -2.22. The van der Waals surface area contributed by atoms with Gasteiger partial charge in [-0.25, -0.2) is 9.97 Å². The molecule has 8 nitrogen and oxygen atoms in total. The molecule has 0 saturated heterocycles. The van der Waals surface area contributed by atoms with Crippen LogP contribution in [0.5, 0.6) is 5.75 Å². The number of anilines is 1. The van der Waals surface area contributed by atoms with Gasteiger partial charge in [0.2, 0.25) is 5.78 Å². The van der Waals surface area contributed by atoms with Crippen LogP contribution in [0.3, 0.4) is 0 Å². The molecule has 32 heavy (non-hydrogen) atoms. The Morgan fingerprint density at radius 3 is 2.69 bits per heavy atom. The van der Waals surface area contributed by atoms with Crippen LogP contribution in [0.25, 0.3) is 10.2 Å². The minimum Gasteiger partial charge on any atom is -0.503 e. The number of ether oxygens (including phenoxy) is 1. The standard InChI is InChI=1S/C22H17N3O5S2/c1-10-20(31-11(2)23-10)18(26)16-17(14-5-4-8-30-14)25(21(28)19(16)27)22-24-13-7-6-12(29-3)9-15(13)32-22/h4-9,17,27H,1-3H3. The van der Waals surface area contributed by atoms with Crippen molar-refractivity contribution in [3.63, 3.8) is 0 Å². The average molecular weight is 468 g/mol. The molecule has 1 N–H and O–H groups in total. The van der Waals surface area contributed by atoms with Gasteiger partial charge in [0.15, 0.2) is 10.9 Å². The third-order valence-corrected chi connectivity index (χ3v) is 7.25. The van der Waals surface area contributed by atoms with Crippen LogP contribution < -0.4 is 9.64 Å². The number of aromatic nitrogens is 2. The van der Waals surface area contributed by atoms with Crippen LogP contribution in [-0.2, 0) is 4.79 Å². The van der Waals surface area contributed by atoms with Crippen molar-refractivity contribution in [3.8, 4) is 5.75 Å². The third-order valence-electron chi connectivity index (χ3n) is 5.17. The fraction of sp³-hybridized carbons (Fsp3) is 0.182. The minimum absolute atomic E-state index is 0.0477. The van der Waals surface area contributed by atoms with Crippen LogP contribution in [0, 0.1) is 13.8 Å². The maximum Gasteiger partial charge on any atom is 0.296 e. The molecule has 1 amide bonds. The number of hydrogen-bond donors (Lipinski definition) is 1. The van der Waals surface area contributed by atoms with E-state index >= 15 is 0 Å². The molecule has 1 aliphatic heterocycles. The summed E-state index contributed by atoms with van der Waals surface area (Å²) < 4.78 is 11.7. The smallest absolute Gasteiger partial charge is 0.296 e. The van der Waals surface area contributed by atoms with E-state index in [1.165, 1.54) is 33.8 Å². The lowest BCUT2D eigenvalue weighted by molar-refractivity contribution is -0.117. The van der Waals surface area contributed by atoms with Crippen molar-refractivity contribution in [1.29, 1.82) is 0 Å². The van der Waals surface area contributed by atoms with E-state index in [0.717, 1.165) is 9.71 Å². The van der Waals surface area contributed by atoms with Gasteiger partial charge in [0.25, 0.3) is 5.91 Å². The van der Waals surface area contributed by atoms with E-state index in [-0.39, 0.29) is 5.57 Å². The summed E-state index contributed by atoms with van der Waals surface area (Å²) in [6.07, 6.45) is 1.46. The predicted molar refractivity (Wildman–Crippen MR) is 121 cm³/mol. The summed E-state index contributed by atoms with van der Waals surface area (Å²) in [6, 6.07) is 7.77. The van der Waals surface area contributed by atoms with E-state index in [2.05, 4.69) is 9.97 Å². The van der Waals surface area contributed by atoms with Gasteiger partial charge in [0, 0.05) is 0 Å². The van der Waals surface area contributed by atoms with Gasteiger partial charge in [-0.1, -0.05) is 11.3 Å². The number of aryl methyl sites for hydroxylation is 2. The number of ketones is 1. The summed E-state index contributed by atoms with van der Waals surface area (Å²) in [5.41, 5.74) is 1.17. The number of furan rings is 1. The van der Waals surface area contributed by atoms with Gasteiger partial charge in [0.1, 0.15) is 17.6 Å². The van der Waals surface area contributed by atoms with Crippen LogP contribution in [-0.4, -0.2) is 33.9 Å². The number of aliphatic hydroxyl groups is 1. The molecule has 4 heterocycles. The molecule has 0 bridgehead atoms. The number of aliphatic hydroxyl groups excluding tert-OH is 1. The Labute approximate surface area is 190 Å². The number of fused-ring (bicyclic) bond motifs is 1. The molecule has 5 rings (SSSR count). The van der Waals surface area contributed by atoms with Gasteiger partial charge in [-0.15, -0.1) is 11.3 Å². The fourth-order valence-corrected chi connectivity index (χ4v) is 5.63. The number of Topliss-reactive ketones (excluding diaryl/α,β-unsaturated/α-hetero) is 1. The third kappa shape index (κ3) is 3.10. The predicted octanol–water partition coefficient (Wildman–Crippen LogP) is 4.75. The summed E-state index contributed by atoms with van der Waals surface area (Å²) in [4.78, 5) is 37.2. The maximum atomic E-state index is 13.5. The normalized spacial score (nSPS) is 16.4. The van der Waals surface area contributed by atoms with Crippen LogP contribution in [0.1, 0.15) is 32.2 Å². The number of rotatable bonds is 5. The first-order valence-corrected chi connectivity index (χ1v) is 11.3. The van der Waals surface area contributed by atoms with E-state index in [0.29, 0.717) is 32.7 Å². The SMILES string of the molecule is COc1ccc2nc(N3C(=O)C(O)=C(C(=O)c4sc(C)nc4C)C3c3ccco3)sc2c1. The van der Waals surface area contributed by atoms with Gasteiger partial charge in [-0.3, -0.25) is 14.5 Å². The second-order valence-corrected chi connectivity index (χ2v) is 9.37. The van der Waals surface area contributed by atoms with Crippen LogP contribution in [0.4, 0.5) is 5.13 Å². The molecular formula is C22H17N3O5S2. The van der Waals surface area contributed by atoms with E-state index in [1.54, 1.807) is 45.2 Å². The van der Waals surface area contributed by atoms with Gasteiger partial charge in [-0.05, 0) is 44.2 Å². The number of methoxy groups -OCH3 is 1. The number of benzene rings is 1. The second kappa shape index (κ2) is 7.57. The molecule has 0 fully saturated rings. The highest BCUT2D eigenvalue weighted by molar-refractivity contribution is 7.22. The van der Waals surface area contributed by atoms with Gasteiger partial charge in [0.05, 0.1) is 44.7 Å². The zero-order valence-corrected chi connectivity index (χ0v) is 18.9. The highest BCUT2D eigenvalue weighted by atomic mass is 32.1. The van der Waals surface area contributed by atoms with Gasteiger partial charge >= 0.3 is 0 Å². The number of carbonyl (C=O) groups excluding carboxylic acids is 2. The molecule has 0 spiro atoms. The topological polar surface area (TPSA) is 106 Å². The Morgan fingerprint density at radius 1 is 1.22 bits per heavy atom. The van der Waals surface area contributed by atoms with Crippen molar-refractivity contribution in [3.05, 3.63) is 69.3 Å². The monoisotopic (exact) mass is 467 g/mol. The lowest BCUT2D eigenvalue weighted by Crippen LogP contribution is -2.30. The molecule has 1 aliphatic rings. The summed E-state index contributed by atoms with van der Waals surface area (Å²) in [6.45, 7) is 3.53. The van der Waals surface area contributed by atoms with E-state index in [9.17, 15) is 14.7 Å². The Balaban J connectivity index is 1.65. The highest BCUT2D eigenvalue weighted by Crippen LogP contribution is 2.45. The molecule has 3 aromatic heterocycles. The van der Waals surface area contributed by atoms with Crippen LogP contribution in [0.15, 0.2) is 52.3 Å². The van der Waals surface area contributed by atoms with Crippen molar-refractivity contribution in [1.82, 2.24) is 9.97 Å². The molecule has 0 radical (unpaired) electrons. The molecule has 1 atom stereocenters. The number of thiazole rings is 2. The first-order chi connectivity index (χ1) is 15.4. The number of amides is 1. The minimum atomic E-state index is -0.950. The number of hydrogen-bond acceptors (Lipinski definition) is 9. The first kappa shape index (κ1) is 20.4. The van der Waals surface area contributed by atoms with E-state index in [4.69, 9.17) is 9.15 Å². The Bertz CT molecular complexity index is 1400. The fourth-order valence-electron chi connectivity index (χ4n) is 3.74. The van der Waals surface area contributed by atoms with E-state index < -0.39 is 23.5 Å². The van der Waals surface area contributed by atoms with Gasteiger partial charge < -0.3 is 14.3 Å². The Kier molecular flexibility index (Phi) is 4.83. The van der Waals surface area contributed by atoms with E-state index in [1.807, 2.05) is 6.07 Å². The average Bonchev–Trinajstić information content (AvgIpc) is 3.54. The zero-order chi connectivity index (χ0) is 22.6. The second-order valence-electron chi connectivity index (χ2n) is 7.16. The van der Waals surface area contributed by atoms with Crippen LogP contribution >= 0.6 is 22.7 Å². The molecule has 0 aliphatic carbocycles. The summed E-state index contributed by atoms with van der Waals surface area (Å²) in [5.74, 6) is -0.763. The lowest BCUT2D eigenvalue weighted by atomic mass is 10.00. The summed E-state index contributed by atoms with van der Waals surface area (Å²) in [7, 11) is 1.57. The molecule has 162 valence electrons. The first-order valence-electron chi connectivity index (χ1n) is 9.62. The van der Waals surface area contributed by atoms with Crippen molar-refractivity contribution >= 4 is 49.7 Å². The molecule has 1 aromatic carbocycles. The zero-order valence-electron chi connectivity index (χ0n) is 17.3. The van der Waals surface area contributed by atoms with Crippen molar-refractivity contribution < 1.29 is 23.8 Å². The van der Waals surface area contributed by atoms with Crippen molar-refractivity contribution in [2.45, 2.75) is 19.9 Å². The molecular weight excluding hydrogens is 450 g/mol. The van der Waals surface area contributed by atoms with Crippen molar-refractivity contribution in [2.24, 2.45) is 0 Å². The summed E-state index contributed by atoms with van der Waals surface area (Å²) >= 11 is 2.48. The molecule has 10 heteroatoms. The molecule has 4 aromatic rings. The quantitative estimate of drug-likeness (QED) is 0.422. The number of carbonyl (C=O) groups is 2. The summed E-state index contributed by atoms with van der Waals surface area (Å²) in [5, 5.41) is 11.9. The molecule has 0 saturated carbocycles. The largest absolute Gasteiger partial charge is 0.503 e. The highest BCUT2D eigenvalue weighted by Gasteiger charge is 2.47. The Hall–Kier alpha value is -3.50. The Morgan fingerprint density at radius 2 is 2.03 bits per heavy atom. The van der Waals surface area contributed by atoms with Crippen molar-refractivity contribution in [2.75, 3.05) is 12.0 Å². The van der Waals surface area contributed by atoms with Crippen LogP contribution in [0.2, 0.25) is 0 Å². The van der Waals surface area contributed by atoms with Gasteiger partial charge in [-0.2, -0.15) is 0 Å². The maximum absolute atomic E-state index is 13.5. The number of nitrogens with zero attached hydrogens (tertiary/aromatic N) is 3.